The standard InChI is InChI=1S/C11H15N3O2S/c1-9-7-11(4-3-10(9)8-12)17(15,16)14-6-5-13-2/h3-4,7,13-14H,5-6H2,1-2H3. The Morgan fingerprint density at radius 2 is 2.06 bits per heavy atom. The molecular formula is C11H15N3O2S. The summed E-state index contributed by atoms with van der Waals surface area (Å²) in [4.78, 5) is 0.185. The van der Waals surface area contributed by atoms with E-state index in [-0.39, 0.29) is 4.90 Å². The molecule has 2 N–H and O–H groups in total. The minimum Gasteiger partial charge on any atom is -0.318 e. The second kappa shape index (κ2) is 5.77. The van der Waals surface area contributed by atoms with Gasteiger partial charge in [0, 0.05) is 13.1 Å². The monoisotopic (exact) mass is 253 g/mol. The highest BCUT2D eigenvalue weighted by atomic mass is 32.2. The molecule has 0 aliphatic heterocycles. The highest BCUT2D eigenvalue weighted by Gasteiger charge is 2.14. The van der Waals surface area contributed by atoms with Crippen molar-refractivity contribution in [3.63, 3.8) is 0 Å². The molecule has 0 saturated heterocycles. The Hall–Kier alpha value is -1.42. The van der Waals surface area contributed by atoms with Crippen molar-refractivity contribution in [3.8, 4) is 6.07 Å². The average molecular weight is 253 g/mol. The first kappa shape index (κ1) is 13.6. The molecule has 17 heavy (non-hydrogen) atoms. The number of nitrogens with zero attached hydrogens (tertiary/aromatic N) is 1. The first-order chi connectivity index (χ1) is 8.01. The van der Waals surface area contributed by atoms with E-state index in [1.165, 1.54) is 18.2 Å². The summed E-state index contributed by atoms with van der Waals surface area (Å²) in [5.74, 6) is 0. The van der Waals surface area contributed by atoms with Crippen molar-refractivity contribution in [2.45, 2.75) is 11.8 Å². The zero-order valence-electron chi connectivity index (χ0n) is 9.82. The van der Waals surface area contributed by atoms with Gasteiger partial charge in [-0.05, 0) is 37.7 Å². The van der Waals surface area contributed by atoms with Crippen LogP contribution in [0, 0.1) is 18.3 Å². The largest absolute Gasteiger partial charge is 0.318 e. The Morgan fingerprint density at radius 3 is 2.59 bits per heavy atom. The molecule has 0 spiro atoms. The Bertz CT molecular complexity index is 532. The van der Waals surface area contributed by atoms with Crippen LogP contribution in [0.4, 0.5) is 0 Å². The van der Waals surface area contributed by atoms with Gasteiger partial charge in [0.05, 0.1) is 16.5 Å². The molecule has 0 heterocycles. The van der Waals surface area contributed by atoms with Crippen molar-refractivity contribution in [2.75, 3.05) is 20.1 Å². The van der Waals surface area contributed by atoms with Crippen molar-refractivity contribution in [1.82, 2.24) is 10.0 Å². The van der Waals surface area contributed by atoms with Crippen molar-refractivity contribution >= 4 is 10.0 Å². The second-order valence-electron chi connectivity index (χ2n) is 3.59. The zero-order valence-corrected chi connectivity index (χ0v) is 10.6. The Balaban J connectivity index is 2.93. The van der Waals surface area contributed by atoms with Crippen LogP contribution < -0.4 is 10.0 Å². The predicted octanol–water partition coefficient (Wildman–Crippen LogP) is 0.364. The summed E-state index contributed by atoms with van der Waals surface area (Å²) in [6.07, 6.45) is 0. The van der Waals surface area contributed by atoms with Crippen LogP contribution in [0.2, 0.25) is 0 Å². The summed E-state index contributed by atoms with van der Waals surface area (Å²) < 4.78 is 26.1. The van der Waals surface area contributed by atoms with Crippen LogP contribution in [0.5, 0.6) is 0 Å². The number of hydrogen-bond acceptors (Lipinski definition) is 4. The van der Waals surface area contributed by atoms with Crippen LogP contribution in [0.25, 0.3) is 0 Å². The van der Waals surface area contributed by atoms with Gasteiger partial charge in [0.25, 0.3) is 0 Å². The van der Waals surface area contributed by atoms with E-state index in [2.05, 4.69) is 10.0 Å². The first-order valence-electron chi connectivity index (χ1n) is 5.16. The summed E-state index contributed by atoms with van der Waals surface area (Å²) in [5.41, 5.74) is 1.14. The molecule has 92 valence electrons. The third-order valence-electron chi connectivity index (χ3n) is 2.30. The lowest BCUT2D eigenvalue weighted by molar-refractivity contribution is 0.579. The Labute approximate surface area is 102 Å². The highest BCUT2D eigenvalue weighted by Crippen LogP contribution is 2.14. The molecule has 6 heteroatoms. The number of hydrogen-bond donors (Lipinski definition) is 2. The molecule has 5 nitrogen and oxygen atoms in total. The van der Waals surface area contributed by atoms with Crippen LogP contribution in [-0.4, -0.2) is 28.6 Å². The minimum absolute atomic E-state index is 0.185. The normalized spacial score (nSPS) is 11.1. The van der Waals surface area contributed by atoms with E-state index in [0.717, 1.165) is 0 Å². The van der Waals surface area contributed by atoms with Gasteiger partial charge < -0.3 is 5.32 Å². The molecular weight excluding hydrogens is 238 g/mol. The predicted molar refractivity (Wildman–Crippen MR) is 65.0 cm³/mol. The third-order valence-corrected chi connectivity index (χ3v) is 3.75. The van der Waals surface area contributed by atoms with Crippen molar-refractivity contribution in [3.05, 3.63) is 29.3 Å². The highest BCUT2D eigenvalue weighted by molar-refractivity contribution is 7.89. The van der Waals surface area contributed by atoms with Gasteiger partial charge in [-0.3, -0.25) is 0 Å². The van der Waals surface area contributed by atoms with Crippen LogP contribution in [-0.2, 0) is 10.0 Å². The van der Waals surface area contributed by atoms with Crippen LogP contribution in [0.3, 0.4) is 0 Å². The maximum atomic E-state index is 11.8. The topological polar surface area (TPSA) is 82.0 Å². The molecule has 0 fully saturated rings. The molecule has 0 saturated carbocycles. The van der Waals surface area contributed by atoms with Crippen molar-refractivity contribution in [2.24, 2.45) is 0 Å². The average Bonchev–Trinajstić information content (AvgIpc) is 2.29. The van der Waals surface area contributed by atoms with E-state index in [1.54, 1.807) is 14.0 Å². The molecule has 0 aliphatic carbocycles. The Morgan fingerprint density at radius 1 is 1.35 bits per heavy atom. The molecule has 0 bridgehead atoms. The van der Waals surface area contributed by atoms with Gasteiger partial charge in [0.1, 0.15) is 0 Å². The number of nitriles is 1. The lowest BCUT2D eigenvalue weighted by Gasteiger charge is -2.07. The van der Waals surface area contributed by atoms with Crippen molar-refractivity contribution < 1.29 is 8.42 Å². The van der Waals surface area contributed by atoms with Crippen molar-refractivity contribution in [1.29, 1.82) is 5.26 Å². The number of nitrogens with one attached hydrogen (secondary N) is 2. The van der Waals surface area contributed by atoms with E-state index < -0.39 is 10.0 Å². The molecule has 0 aromatic heterocycles. The number of aryl methyl sites for hydroxylation is 1. The maximum Gasteiger partial charge on any atom is 0.240 e. The molecule has 1 aromatic carbocycles. The first-order valence-corrected chi connectivity index (χ1v) is 6.64. The van der Waals surface area contributed by atoms with E-state index in [4.69, 9.17) is 5.26 Å². The fourth-order valence-corrected chi connectivity index (χ4v) is 2.44. The van der Waals surface area contributed by atoms with Gasteiger partial charge in [-0.1, -0.05) is 0 Å². The van der Waals surface area contributed by atoms with Gasteiger partial charge in [0.15, 0.2) is 0 Å². The number of rotatable bonds is 5. The fourth-order valence-electron chi connectivity index (χ4n) is 1.32. The van der Waals surface area contributed by atoms with E-state index in [0.29, 0.717) is 24.2 Å². The van der Waals surface area contributed by atoms with Crippen LogP contribution in [0.15, 0.2) is 23.1 Å². The van der Waals surface area contributed by atoms with Gasteiger partial charge >= 0.3 is 0 Å². The van der Waals surface area contributed by atoms with Gasteiger partial charge in [0.2, 0.25) is 10.0 Å². The third kappa shape index (κ3) is 3.53. The minimum atomic E-state index is -3.48. The summed E-state index contributed by atoms with van der Waals surface area (Å²) in [6, 6.07) is 6.45. The smallest absolute Gasteiger partial charge is 0.240 e. The molecule has 0 radical (unpaired) electrons. The quantitative estimate of drug-likeness (QED) is 0.743. The SMILES string of the molecule is CNCCNS(=O)(=O)c1ccc(C#N)c(C)c1. The summed E-state index contributed by atoms with van der Waals surface area (Å²) >= 11 is 0. The number of likely N-dealkylation sites (N-methyl/N-ethyl adjacent to an activating group) is 1. The maximum absolute atomic E-state index is 11.8. The van der Waals surface area contributed by atoms with E-state index in [1.807, 2.05) is 6.07 Å². The molecule has 1 aromatic rings. The second-order valence-corrected chi connectivity index (χ2v) is 5.36. The van der Waals surface area contributed by atoms with Gasteiger partial charge in [-0.25, -0.2) is 13.1 Å². The number of benzene rings is 1. The van der Waals surface area contributed by atoms with E-state index >= 15 is 0 Å². The zero-order chi connectivity index (χ0) is 12.9. The lowest BCUT2D eigenvalue weighted by atomic mass is 10.1. The molecule has 1 rings (SSSR count). The lowest BCUT2D eigenvalue weighted by Crippen LogP contribution is -2.30. The number of sulfonamides is 1. The molecule has 0 amide bonds. The Kier molecular flexibility index (Phi) is 4.63. The summed E-state index contributed by atoms with van der Waals surface area (Å²) in [7, 11) is -1.73. The van der Waals surface area contributed by atoms with E-state index in [9.17, 15) is 8.42 Å². The van der Waals surface area contributed by atoms with Crippen LogP contribution >= 0.6 is 0 Å². The fraction of sp³-hybridized carbons (Fsp3) is 0.364. The molecule has 0 aliphatic rings. The van der Waals surface area contributed by atoms with Crippen LogP contribution in [0.1, 0.15) is 11.1 Å². The summed E-state index contributed by atoms with van der Waals surface area (Å²) in [6.45, 7) is 2.61. The summed E-state index contributed by atoms with van der Waals surface area (Å²) in [5, 5.41) is 11.6. The van der Waals surface area contributed by atoms with Gasteiger partial charge in [-0.2, -0.15) is 5.26 Å². The molecule has 0 atom stereocenters. The molecule has 0 unspecified atom stereocenters. The van der Waals surface area contributed by atoms with Gasteiger partial charge in [-0.15, -0.1) is 0 Å².